The molecule has 6 rings (SSSR count). The number of carbonyl (C=O) groups is 2. The van der Waals surface area contributed by atoms with Crippen LogP contribution in [0.1, 0.15) is 52.6 Å². The maximum absolute atomic E-state index is 15.2. The van der Waals surface area contributed by atoms with Crippen molar-refractivity contribution in [2.24, 2.45) is 5.73 Å². The number of rotatable bonds is 6. The van der Waals surface area contributed by atoms with Crippen LogP contribution in [0.15, 0.2) is 48.7 Å². The number of hydrogen-bond acceptors (Lipinski definition) is 6. The molecule has 1 aliphatic carbocycles. The SMILES string of the molecule is CN(C)C(=O)c1cc2cnc(Nc3ccc(-c4nc5c(C(N)=O)cccc5[nH]4)c(F)c3)nc2n1C1CCCC1. The molecule has 5 aromatic rings. The number of carbonyl (C=O) groups excluding carboxylic acids is 2. The molecule has 2 aromatic carbocycles. The molecule has 0 atom stereocenters. The van der Waals surface area contributed by atoms with Crippen LogP contribution in [0.2, 0.25) is 0 Å². The summed E-state index contributed by atoms with van der Waals surface area (Å²) in [5.41, 5.74) is 8.65. The van der Waals surface area contributed by atoms with Crippen molar-refractivity contribution in [3.05, 3.63) is 65.7 Å². The Kier molecular flexibility index (Phi) is 5.97. The van der Waals surface area contributed by atoms with E-state index in [2.05, 4.69) is 20.3 Å². The van der Waals surface area contributed by atoms with Crippen LogP contribution in [0, 0.1) is 5.82 Å². The van der Waals surface area contributed by atoms with Crippen molar-refractivity contribution in [2.75, 3.05) is 19.4 Å². The molecule has 1 aliphatic rings. The van der Waals surface area contributed by atoms with E-state index in [1.807, 2.05) is 10.6 Å². The molecule has 0 unspecified atom stereocenters. The van der Waals surface area contributed by atoms with Crippen LogP contribution in [0.5, 0.6) is 0 Å². The summed E-state index contributed by atoms with van der Waals surface area (Å²) in [4.78, 5) is 42.8. The summed E-state index contributed by atoms with van der Waals surface area (Å²) in [7, 11) is 3.47. The number of nitrogens with two attached hydrogens (primary N) is 1. The Bertz CT molecular complexity index is 1750. The van der Waals surface area contributed by atoms with Gasteiger partial charge in [-0.05, 0) is 49.2 Å². The van der Waals surface area contributed by atoms with E-state index in [9.17, 15) is 9.59 Å². The van der Waals surface area contributed by atoms with E-state index in [1.54, 1.807) is 55.5 Å². The summed E-state index contributed by atoms with van der Waals surface area (Å²) in [6, 6.07) is 11.7. The standard InChI is InChI=1S/C28H27FN8O2/c1-36(2)27(39)22-12-15-14-31-28(35-26(15)37(22)17-6-3-4-7-17)32-16-10-11-18(20(29)13-16)25-33-21-9-5-8-19(24(30)38)23(21)34-25/h5,8-14,17H,3-4,6-7H2,1-2H3,(H2,30,38)(H,33,34)(H,31,32,35). The fraction of sp³-hybridized carbons (Fsp3) is 0.250. The van der Waals surface area contributed by atoms with Crippen LogP contribution in [-0.2, 0) is 0 Å². The summed E-state index contributed by atoms with van der Waals surface area (Å²) in [6.45, 7) is 0. The highest BCUT2D eigenvalue weighted by Gasteiger charge is 2.26. The summed E-state index contributed by atoms with van der Waals surface area (Å²) in [5, 5.41) is 3.86. The van der Waals surface area contributed by atoms with Crippen molar-refractivity contribution in [3.8, 4) is 11.4 Å². The number of aromatic nitrogens is 5. The van der Waals surface area contributed by atoms with Gasteiger partial charge in [0.1, 0.15) is 28.5 Å². The number of hydrogen-bond donors (Lipinski definition) is 3. The van der Waals surface area contributed by atoms with Crippen LogP contribution in [0.25, 0.3) is 33.5 Å². The fourth-order valence-electron chi connectivity index (χ4n) is 5.27. The Labute approximate surface area is 223 Å². The van der Waals surface area contributed by atoms with Gasteiger partial charge in [0.25, 0.3) is 11.8 Å². The first-order valence-corrected chi connectivity index (χ1v) is 12.8. The first-order chi connectivity index (χ1) is 18.8. The zero-order valence-electron chi connectivity index (χ0n) is 21.5. The predicted molar refractivity (Wildman–Crippen MR) is 146 cm³/mol. The van der Waals surface area contributed by atoms with Crippen LogP contribution >= 0.6 is 0 Å². The number of para-hydroxylation sites is 1. The molecule has 198 valence electrons. The Hall–Kier alpha value is -4.80. The largest absolute Gasteiger partial charge is 0.366 e. The maximum Gasteiger partial charge on any atom is 0.270 e. The second kappa shape index (κ2) is 9.50. The van der Waals surface area contributed by atoms with Crippen molar-refractivity contribution in [1.29, 1.82) is 0 Å². The lowest BCUT2D eigenvalue weighted by Gasteiger charge is -2.19. The number of primary amides is 1. The van der Waals surface area contributed by atoms with Gasteiger partial charge in [0, 0.05) is 37.4 Å². The molecule has 11 heteroatoms. The van der Waals surface area contributed by atoms with E-state index in [1.165, 1.54) is 6.07 Å². The quantitative estimate of drug-likeness (QED) is 0.292. The molecule has 3 aromatic heterocycles. The summed E-state index contributed by atoms with van der Waals surface area (Å²) >= 11 is 0. The van der Waals surface area contributed by atoms with E-state index in [4.69, 9.17) is 10.7 Å². The minimum atomic E-state index is -0.604. The molecule has 39 heavy (non-hydrogen) atoms. The number of imidazole rings is 1. The van der Waals surface area contributed by atoms with Crippen LogP contribution < -0.4 is 11.1 Å². The van der Waals surface area contributed by atoms with Gasteiger partial charge in [0.05, 0.1) is 16.6 Å². The predicted octanol–water partition coefficient (Wildman–Crippen LogP) is 4.77. The minimum absolute atomic E-state index is 0.0828. The normalized spacial score (nSPS) is 13.8. The third-order valence-corrected chi connectivity index (χ3v) is 7.15. The molecule has 0 spiro atoms. The molecule has 0 radical (unpaired) electrons. The molecule has 0 bridgehead atoms. The topological polar surface area (TPSA) is 135 Å². The maximum atomic E-state index is 15.2. The van der Waals surface area contributed by atoms with Gasteiger partial charge >= 0.3 is 0 Å². The Balaban J connectivity index is 1.33. The third kappa shape index (κ3) is 4.35. The number of fused-ring (bicyclic) bond motifs is 2. The Morgan fingerprint density at radius 3 is 2.64 bits per heavy atom. The van der Waals surface area contributed by atoms with E-state index in [-0.39, 0.29) is 28.9 Å². The van der Waals surface area contributed by atoms with Gasteiger partial charge in [-0.2, -0.15) is 4.98 Å². The molecule has 0 saturated heterocycles. The van der Waals surface area contributed by atoms with Gasteiger partial charge in [-0.3, -0.25) is 9.59 Å². The van der Waals surface area contributed by atoms with E-state index < -0.39 is 11.7 Å². The number of H-pyrrole nitrogens is 1. The summed E-state index contributed by atoms with van der Waals surface area (Å²) in [5.74, 6) is -0.624. The van der Waals surface area contributed by atoms with Crippen molar-refractivity contribution < 1.29 is 14.0 Å². The first kappa shape index (κ1) is 24.5. The molecular weight excluding hydrogens is 499 g/mol. The van der Waals surface area contributed by atoms with Crippen molar-refractivity contribution >= 4 is 45.5 Å². The van der Waals surface area contributed by atoms with Gasteiger partial charge in [-0.1, -0.05) is 18.9 Å². The van der Waals surface area contributed by atoms with Crippen LogP contribution in [-0.4, -0.2) is 55.3 Å². The van der Waals surface area contributed by atoms with Crippen LogP contribution in [0.3, 0.4) is 0 Å². The Morgan fingerprint density at radius 1 is 1.13 bits per heavy atom. The number of halogens is 1. The second-order valence-corrected chi connectivity index (χ2v) is 9.98. The molecular formula is C28H27FN8O2. The lowest BCUT2D eigenvalue weighted by molar-refractivity contribution is 0.0815. The second-order valence-electron chi connectivity index (χ2n) is 9.98. The third-order valence-electron chi connectivity index (χ3n) is 7.15. The number of aromatic amines is 1. The van der Waals surface area contributed by atoms with Gasteiger partial charge in [0.2, 0.25) is 5.95 Å². The molecule has 1 fully saturated rings. The lowest BCUT2D eigenvalue weighted by atomic mass is 10.2. The van der Waals surface area contributed by atoms with E-state index in [0.29, 0.717) is 34.0 Å². The number of amides is 2. The van der Waals surface area contributed by atoms with Gasteiger partial charge in [-0.15, -0.1) is 0 Å². The highest BCUT2D eigenvalue weighted by molar-refractivity contribution is 6.04. The highest BCUT2D eigenvalue weighted by atomic mass is 19.1. The average molecular weight is 527 g/mol. The number of anilines is 2. The van der Waals surface area contributed by atoms with Gasteiger partial charge < -0.3 is 25.5 Å². The first-order valence-electron chi connectivity index (χ1n) is 12.8. The summed E-state index contributed by atoms with van der Waals surface area (Å²) in [6.07, 6.45) is 5.87. The minimum Gasteiger partial charge on any atom is -0.366 e. The number of nitrogens with one attached hydrogen (secondary N) is 2. The summed E-state index contributed by atoms with van der Waals surface area (Å²) < 4.78 is 17.3. The molecule has 0 aliphatic heterocycles. The fourth-order valence-corrected chi connectivity index (χ4v) is 5.27. The molecule has 10 nitrogen and oxygen atoms in total. The number of benzene rings is 2. The van der Waals surface area contributed by atoms with Crippen LogP contribution in [0.4, 0.5) is 16.0 Å². The van der Waals surface area contributed by atoms with Crippen molar-refractivity contribution in [1.82, 2.24) is 29.4 Å². The smallest absolute Gasteiger partial charge is 0.270 e. The molecule has 2 amide bonds. The molecule has 3 heterocycles. The average Bonchev–Trinajstić information content (AvgIpc) is 3.65. The highest BCUT2D eigenvalue weighted by Crippen LogP contribution is 2.35. The number of nitrogens with zero attached hydrogens (tertiary/aromatic N) is 5. The van der Waals surface area contributed by atoms with Gasteiger partial charge in [0.15, 0.2) is 0 Å². The zero-order chi connectivity index (χ0) is 27.3. The molecule has 4 N–H and O–H groups in total. The van der Waals surface area contributed by atoms with Crippen molar-refractivity contribution in [3.63, 3.8) is 0 Å². The van der Waals surface area contributed by atoms with Gasteiger partial charge in [-0.25, -0.2) is 14.4 Å². The molecule has 1 saturated carbocycles. The van der Waals surface area contributed by atoms with E-state index in [0.717, 1.165) is 31.1 Å². The monoisotopic (exact) mass is 526 g/mol. The zero-order valence-corrected chi connectivity index (χ0v) is 21.5. The van der Waals surface area contributed by atoms with E-state index >= 15 is 4.39 Å². The lowest BCUT2D eigenvalue weighted by Crippen LogP contribution is -2.25. The van der Waals surface area contributed by atoms with Crippen molar-refractivity contribution in [2.45, 2.75) is 31.7 Å². The Morgan fingerprint density at radius 2 is 1.92 bits per heavy atom.